The summed E-state index contributed by atoms with van der Waals surface area (Å²) in [6.07, 6.45) is 4.04. The number of fused-ring (bicyclic) bond motifs is 1. The summed E-state index contributed by atoms with van der Waals surface area (Å²) in [7, 11) is 0. The van der Waals surface area contributed by atoms with Crippen molar-refractivity contribution in [2.24, 2.45) is 5.92 Å². The molecule has 0 saturated carbocycles. The molecule has 3 aliphatic heterocycles. The van der Waals surface area contributed by atoms with E-state index in [-0.39, 0.29) is 35.9 Å². The van der Waals surface area contributed by atoms with Gasteiger partial charge < -0.3 is 9.80 Å². The van der Waals surface area contributed by atoms with Crippen molar-refractivity contribution >= 4 is 23.6 Å². The van der Waals surface area contributed by atoms with Gasteiger partial charge in [-0.05, 0) is 37.4 Å². The number of hydrogen-bond acceptors (Lipinski definition) is 3. The lowest BCUT2D eigenvalue weighted by Crippen LogP contribution is -2.67. The Balaban J connectivity index is 1.90. The first-order valence-corrected chi connectivity index (χ1v) is 8.97. The fraction of sp³-hybridized carbons (Fsp3) is 0.867. The zero-order valence-corrected chi connectivity index (χ0v) is 13.2. The highest BCUT2D eigenvalue weighted by Crippen LogP contribution is 2.34. The highest BCUT2D eigenvalue weighted by Gasteiger charge is 2.50. The van der Waals surface area contributed by atoms with E-state index in [1.807, 2.05) is 21.6 Å². The van der Waals surface area contributed by atoms with Crippen LogP contribution in [0.1, 0.15) is 39.5 Å². The van der Waals surface area contributed by atoms with Gasteiger partial charge in [0.1, 0.15) is 12.1 Å². The summed E-state index contributed by atoms with van der Waals surface area (Å²) in [4.78, 5) is 29.5. The molecule has 0 aromatic heterocycles. The normalized spacial score (nSPS) is 34.9. The van der Waals surface area contributed by atoms with Gasteiger partial charge in [0.15, 0.2) is 0 Å². The minimum atomic E-state index is -0.236. The van der Waals surface area contributed by atoms with E-state index in [0.29, 0.717) is 0 Å². The number of nitrogens with zero attached hydrogens (tertiary/aromatic N) is 2. The second kappa shape index (κ2) is 5.58. The highest BCUT2D eigenvalue weighted by molar-refractivity contribution is 7.99. The molecule has 0 aromatic carbocycles. The monoisotopic (exact) mass is 296 g/mol. The first-order valence-electron chi connectivity index (χ1n) is 7.81. The van der Waals surface area contributed by atoms with E-state index in [2.05, 4.69) is 13.8 Å². The molecule has 0 radical (unpaired) electrons. The van der Waals surface area contributed by atoms with Gasteiger partial charge in [-0.3, -0.25) is 9.59 Å². The van der Waals surface area contributed by atoms with Gasteiger partial charge in [0.2, 0.25) is 11.8 Å². The van der Waals surface area contributed by atoms with Gasteiger partial charge in [0.25, 0.3) is 0 Å². The van der Waals surface area contributed by atoms with Crippen molar-refractivity contribution in [1.82, 2.24) is 9.80 Å². The summed E-state index contributed by atoms with van der Waals surface area (Å²) in [5.74, 6) is 2.79. The Kier molecular flexibility index (Phi) is 3.98. The van der Waals surface area contributed by atoms with Crippen LogP contribution in [-0.4, -0.2) is 57.8 Å². The number of carbonyl (C=O) groups is 2. The molecule has 0 aliphatic carbocycles. The van der Waals surface area contributed by atoms with Crippen LogP contribution in [0.15, 0.2) is 0 Å². The molecule has 0 bridgehead atoms. The Bertz CT molecular complexity index is 407. The maximum Gasteiger partial charge on any atom is 0.246 e. The predicted octanol–water partition coefficient (Wildman–Crippen LogP) is 1.74. The number of amides is 2. The highest BCUT2D eigenvalue weighted by atomic mass is 32.2. The number of carbonyl (C=O) groups excluding carboxylic acids is 2. The molecular weight excluding hydrogens is 272 g/mol. The van der Waals surface area contributed by atoms with Crippen LogP contribution in [0.5, 0.6) is 0 Å². The van der Waals surface area contributed by atoms with Crippen LogP contribution in [0.2, 0.25) is 0 Å². The van der Waals surface area contributed by atoms with Crippen LogP contribution in [-0.2, 0) is 9.59 Å². The van der Waals surface area contributed by atoms with Gasteiger partial charge >= 0.3 is 0 Å². The van der Waals surface area contributed by atoms with Crippen molar-refractivity contribution in [2.45, 2.75) is 57.7 Å². The van der Waals surface area contributed by atoms with Gasteiger partial charge in [-0.1, -0.05) is 13.8 Å². The lowest BCUT2D eigenvalue weighted by molar-refractivity contribution is -0.164. The fourth-order valence-electron chi connectivity index (χ4n) is 3.84. The molecule has 3 heterocycles. The fourth-order valence-corrected chi connectivity index (χ4v) is 4.98. The third-order valence-electron chi connectivity index (χ3n) is 4.79. The maximum atomic E-state index is 12.9. The second-order valence-corrected chi connectivity index (χ2v) is 7.64. The van der Waals surface area contributed by atoms with Crippen LogP contribution >= 0.6 is 11.8 Å². The molecule has 3 aliphatic rings. The van der Waals surface area contributed by atoms with Crippen molar-refractivity contribution in [1.29, 1.82) is 0 Å². The first kappa shape index (κ1) is 14.2. The molecule has 2 amide bonds. The number of hydrogen-bond donors (Lipinski definition) is 0. The van der Waals surface area contributed by atoms with Crippen molar-refractivity contribution in [3.8, 4) is 0 Å². The van der Waals surface area contributed by atoms with E-state index in [0.717, 1.165) is 38.0 Å². The Morgan fingerprint density at radius 1 is 1.15 bits per heavy atom. The summed E-state index contributed by atoms with van der Waals surface area (Å²) < 4.78 is 0. The minimum Gasteiger partial charge on any atom is -0.329 e. The van der Waals surface area contributed by atoms with E-state index in [1.165, 1.54) is 5.75 Å². The topological polar surface area (TPSA) is 40.6 Å². The number of thioether (sulfide) groups is 1. The Morgan fingerprint density at radius 3 is 2.60 bits per heavy atom. The SMILES string of the molecule is CC(C)C1C(=O)N2CCCC2C(=O)N1C1CCCSC1. The van der Waals surface area contributed by atoms with Gasteiger partial charge in [-0.25, -0.2) is 0 Å². The predicted molar refractivity (Wildman–Crippen MR) is 80.6 cm³/mol. The standard InChI is InChI=1S/C15H24N2O2S/c1-10(2)13-15(19)16-7-3-6-12(16)14(18)17(13)11-5-4-8-20-9-11/h10-13H,3-9H2,1-2H3. The van der Waals surface area contributed by atoms with E-state index in [1.54, 1.807) is 0 Å². The Labute approximate surface area is 125 Å². The molecule has 0 spiro atoms. The molecule has 112 valence electrons. The zero-order chi connectivity index (χ0) is 14.3. The Morgan fingerprint density at radius 2 is 1.95 bits per heavy atom. The summed E-state index contributed by atoms with van der Waals surface area (Å²) >= 11 is 1.92. The lowest BCUT2D eigenvalue weighted by atomic mass is 9.93. The molecule has 20 heavy (non-hydrogen) atoms. The van der Waals surface area contributed by atoms with Crippen LogP contribution < -0.4 is 0 Å². The minimum absolute atomic E-state index is 0.163. The van der Waals surface area contributed by atoms with Gasteiger partial charge in [-0.2, -0.15) is 11.8 Å². The molecule has 0 N–H and O–H groups in total. The lowest BCUT2D eigenvalue weighted by Gasteiger charge is -2.48. The van der Waals surface area contributed by atoms with Crippen molar-refractivity contribution in [3.05, 3.63) is 0 Å². The molecule has 5 heteroatoms. The third-order valence-corrected chi connectivity index (χ3v) is 5.99. The van der Waals surface area contributed by atoms with Crippen LogP contribution in [0.3, 0.4) is 0 Å². The average molecular weight is 296 g/mol. The van der Waals surface area contributed by atoms with Gasteiger partial charge in [0.05, 0.1) is 0 Å². The quantitative estimate of drug-likeness (QED) is 0.779. The average Bonchev–Trinajstić information content (AvgIpc) is 2.93. The molecule has 3 fully saturated rings. The molecular formula is C15H24N2O2S. The first-order chi connectivity index (χ1) is 9.61. The van der Waals surface area contributed by atoms with Crippen molar-refractivity contribution < 1.29 is 9.59 Å². The molecule has 3 unspecified atom stereocenters. The molecule has 3 atom stereocenters. The van der Waals surface area contributed by atoms with E-state index < -0.39 is 0 Å². The largest absolute Gasteiger partial charge is 0.329 e. The van der Waals surface area contributed by atoms with Crippen molar-refractivity contribution in [3.63, 3.8) is 0 Å². The zero-order valence-electron chi connectivity index (χ0n) is 12.4. The van der Waals surface area contributed by atoms with Crippen LogP contribution in [0.25, 0.3) is 0 Å². The smallest absolute Gasteiger partial charge is 0.246 e. The summed E-state index contributed by atoms with van der Waals surface area (Å²) in [5.41, 5.74) is 0. The summed E-state index contributed by atoms with van der Waals surface area (Å²) in [6, 6.07) is -0.134. The maximum absolute atomic E-state index is 12.9. The van der Waals surface area contributed by atoms with E-state index in [4.69, 9.17) is 0 Å². The van der Waals surface area contributed by atoms with Gasteiger partial charge in [-0.15, -0.1) is 0 Å². The Hall–Kier alpha value is -0.710. The molecule has 3 saturated heterocycles. The van der Waals surface area contributed by atoms with Crippen LogP contribution in [0, 0.1) is 5.92 Å². The third kappa shape index (κ3) is 2.24. The summed E-state index contributed by atoms with van der Waals surface area (Å²) in [6.45, 7) is 4.90. The molecule has 0 aromatic rings. The van der Waals surface area contributed by atoms with Crippen LogP contribution in [0.4, 0.5) is 0 Å². The number of rotatable bonds is 2. The van der Waals surface area contributed by atoms with Crippen molar-refractivity contribution in [2.75, 3.05) is 18.1 Å². The number of piperazine rings is 1. The van der Waals surface area contributed by atoms with Gasteiger partial charge in [0, 0.05) is 18.3 Å². The second-order valence-electron chi connectivity index (χ2n) is 6.49. The molecule has 4 nitrogen and oxygen atoms in total. The molecule has 3 rings (SSSR count). The summed E-state index contributed by atoms with van der Waals surface area (Å²) in [5, 5.41) is 0. The van der Waals surface area contributed by atoms with E-state index >= 15 is 0 Å². The van der Waals surface area contributed by atoms with E-state index in [9.17, 15) is 9.59 Å².